The molecule has 0 unspecified atom stereocenters. The van der Waals surface area contributed by atoms with Crippen LogP contribution in [0.25, 0.3) is 0 Å². The average Bonchev–Trinajstić information content (AvgIpc) is 2.11. The van der Waals surface area contributed by atoms with Gasteiger partial charge in [0.25, 0.3) is 0 Å². The minimum Gasteiger partial charge on any atom is -0.367 e. The maximum atomic E-state index is 12.4. The Balaban J connectivity index is 2.72. The molecule has 0 aromatic carbocycles. The van der Waals surface area contributed by atoms with Crippen LogP contribution in [-0.4, -0.2) is 55.4 Å². The highest BCUT2D eigenvalue weighted by molar-refractivity contribution is 7.89. The van der Waals surface area contributed by atoms with Crippen molar-refractivity contribution < 1.29 is 13.2 Å². The quantitative estimate of drug-likeness (QED) is 0.827. The van der Waals surface area contributed by atoms with Gasteiger partial charge in [0.1, 0.15) is 0 Å². The highest BCUT2D eigenvalue weighted by Gasteiger charge is 2.42. The maximum absolute atomic E-state index is 12.4. The van der Waals surface area contributed by atoms with Gasteiger partial charge in [-0.2, -0.15) is 4.31 Å². The van der Waals surface area contributed by atoms with E-state index in [-0.39, 0.29) is 5.75 Å². The second-order valence-corrected chi connectivity index (χ2v) is 8.90. The van der Waals surface area contributed by atoms with Crippen molar-refractivity contribution in [2.75, 3.05) is 25.4 Å². The number of ether oxygens (including phenoxy) is 1. The summed E-state index contributed by atoms with van der Waals surface area (Å²) < 4.78 is 32.2. The van der Waals surface area contributed by atoms with Crippen molar-refractivity contribution in [3.63, 3.8) is 0 Å². The molecule has 1 aliphatic rings. The van der Waals surface area contributed by atoms with Gasteiger partial charge >= 0.3 is 0 Å². The molecular weight excluding hydrogens is 264 g/mol. The van der Waals surface area contributed by atoms with E-state index in [1.165, 1.54) is 0 Å². The predicted molar refractivity (Wildman–Crippen MR) is 77.7 cm³/mol. The van der Waals surface area contributed by atoms with Crippen LogP contribution in [0.5, 0.6) is 0 Å². The number of hydrogen-bond acceptors (Lipinski definition) is 4. The molecule has 1 fully saturated rings. The van der Waals surface area contributed by atoms with Crippen LogP contribution in [0.1, 0.15) is 41.5 Å². The molecule has 19 heavy (non-hydrogen) atoms. The lowest BCUT2D eigenvalue weighted by Crippen LogP contribution is -2.59. The maximum Gasteiger partial charge on any atom is 0.215 e. The minimum absolute atomic E-state index is 0.136. The minimum atomic E-state index is -3.23. The lowest BCUT2D eigenvalue weighted by Gasteiger charge is -2.46. The zero-order valence-corrected chi connectivity index (χ0v) is 13.8. The Hall–Kier alpha value is -0.170. The molecule has 0 aromatic heterocycles. The first-order valence-electron chi connectivity index (χ1n) is 6.85. The molecule has 1 aliphatic heterocycles. The van der Waals surface area contributed by atoms with Gasteiger partial charge in [-0.1, -0.05) is 13.8 Å². The summed E-state index contributed by atoms with van der Waals surface area (Å²) in [6.45, 7) is 13.1. The van der Waals surface area contributed by atoms with E-state index in [2.05, 4.69) is 5.32 Å². The zero-order chi connectivity index (χ0) is 14.9. The van der Waals surface area contributed by atoms with E-state index in [0.29, 0.717) is 25.7 Å². The van der Waals surface area contributed by atoms with Crippen molar-refractivity contribution in [3.8, 4) is 0 Å². The Morgan fingerprint density at radius 2 is 1.63 bits per heavy atom. The molecule has 5 nitrogen and oxygen atoms in total. The van der Waals surface area contributed by atoms with Gasteiger partial charge in [-0.25, -0.2) is 8.42 Å². The van der Waals surface area contributed by atoms with Gasteiger partial charge in [0, 0.05) is 25.7 Å². The molecule has 0 aromatic rings. The van der Waals surface area contributed by atoms with Crippen LogP contribution in [-0.2, 0) is 14.8 Å². The fourth-order valence-electron chi connectivity index (χ4n) is 2.52. The Labute approximate surface area is 117 Å². The van der Waals surface area contributed by atoms with Gasteiger partial charge in [-0.15, -0.1) is 0 Å². The molecule has 114 valence electrons. The summed E-state index contributed by atoms with van der Waals surface area (Å²) in [7, 11) is -3.23. The summed E-state index contributed by atoms with van der Waals surface area (Å²) in [5.74, 6) is 0.136. The van der Waals surface area contributed by atoms with Crippen LogP contribution in [0.4, 0.5) is 0 Å². The van der Waals surface area contributed by atoms with Crippen molar-refractivity contribution in [1.29, 1.82) is 0 Å². The molecule has 0 radical (unpaired) electrons. The number of nitrogens with one attached hydrogen (secondary N) is 1. The van der Waals surface area contributed by atoms with Gasteiger partial charge in [0.15, 0.2) is 0 Å². The smallest absolute Gasteiger partial charge is 0.215 e. The molecule has 0 amide bonds. The van der Waals surface area contributed by atoms with E-state index in [9.17, 15) is 8.42 Å². The summed E-state index contributed by atoms with van der Waals surface area (Å²) in [5.41, 5.74) is -0.888. The van der Waals surface area contributed by atoms with Gasteiger partial charge in [-0.05, 0) is 27.7 Å². The van der Waals surface area contributed by atoms with Crippen molar-refractivity contribution in [2.24, 2.45) is 0 Å². The van der Waals surface area contributed by atoms with E-state index >= 15 is 0 Å². The van der Waals surface area contributed by atoms with Crippen LogP contribution in [0, 0.1) is 0 Å². The monoisotopic (exact) mass is 292 g/mol. The van der Waals surface area contributed by atoms with E-state index < -0.39 is 21.2 Å². The van der Waals surface area contributed by atoms with Crippen LogP contribution in [0.3, 0.4) is 0 Å². The molecular formula is C13H28N2O3S. The summed E-state index contributed by atoms with van der Waals surface area (Å²) in [4.78, 5) is 0. The molecule has 0 saturated carbocycles. The molecule has 0 spiro atoms. The van der Waals surface area contributed by atoms with Crippen LogP contribution in [0.15, 0.2) is 0 Å². The van der Waals surface area contributed by atoms with E-state index in [0.717, 1.165) is 0 Å². The molecule has 0 aliphatic carbocycles. The standard InChI is InChI=1S/C13H28N2O3S/c1-11(2)14-7-8-19(16,17)15-9-12(3,4)18-13(5,6)10-15/h11,14H,7-10H2,1-6H3. The Morgan fingerprint density at radius 1 is 1.16 bits per heavy atom. The number of morpholine rings is 1. The van der Waals surface area contributed by atoms with E-state index in [1.807, 2.05) is 41.5 Å². The summed E-state index contributed by atoms with van der Waals surface area (Å²) >= 11 is 0. The van der Waals surface area contributed by atoms with Gasteiger partial charge in [0.05, 0.1) is 17.0 Å². The second kappa shape index (κ2) is 5.68. The predicted octanol–water partition coefficient (Wildman–Crippen LogP) is 1.20. The Bertz CT molecular complexity index is 386. The third-order valence-corrected chi connectivity index (χ3v) is 4.74. The van der Waals surface area contributed by atoms with E-state index in [1.54, 1.807) is 4.31 Å². The third-order valence-electron chi connectivity index (χ3n) is 2.97. The molecule has 1 N–H and O–H groups in total. The molecule has 0 atom stereocenters. The number of nitrogens with zero attached hydrogens (tertiary/aromatic N) is 1. The Morgan fingerprint density at radius 3 is 2.05 bits per heavy atom. The van der Waals surface area contributed by atoms with Crippen molar-refractivity contribution in [3.05, 3.63) is 0 Å². The zero-order valence-electron chi connectivity index (χ0n) is 13.0. The van der Waals surface area contributed by atoms with Crippen molar-refractivity contribution in [2.45, 2.75) is 58.8 Å². The SMILES string of the molecule is CC(C)NCCS(=O)(=O)N1CC(C)(C)OC(C)(C)C1. The number of hydrogen-bond donors (Lipinski definition) is 1. The second-order valence-electron chi connectivity index (χ2n) is 6.81. The van der Waals surface area contributed by atoms with E-state index in [4.69, 9.17) is 4.74 Å². The van der Waals surface area contributed by atoms with Crippen LogP contribution < -0.4 is 5.32 Å². The number of rotatable bonds is 5. The molecule has 0 bridgehead atoms. The van der Waals surface area contributed by atoms with Crippen LogP contribution >= 0.6 is 0 Å². The summed E-state index contributed by atoms with van der Waals surface area (Å²) in [5, 5.41) is 3.15. The fourth-order valence-corrected chi connectivity index (χ4v) is 4.17. The highest BCUT2D eigenvalue weighted by atomic mass is 32.2. The van der Waals surface area contributed by atoms with Gasteiger partial charge in [0.2, 0.25) is 10.0 Å². The first-order valence-corrected chi connectivity index (χ1v) is 8.46. The van der Waals surface area contributed by atoms with Crippen LogP contribution in [0.2, 0.25) is 0 Å². The highest BCUT2D eigenvalue weighted by Crippen LogP contribution is 2.29. The normalized spacial score (nSPS) is 23.7. The third kappa shape index (κ3) is 5.38. The lowest BCUT2D eigenvalue weighted by molar-refractivity contribution is -0.163. The lowest BCUT2D eigenvalue weighted by atomic mass is 10.0. The molecule has 1 saturated heterocycles. The van der Waals surface area contributed by atoms with Crippen molar-refractivity contribution in [1.82, 2.24) is 9.62 Å². The Kier molecular flexibility index (Phi) is 5.04. The first kappa shape index (κ1) is 16.9. The van der Waals surface area contributed by atoms with Gasteiger partial charge < -0.3 is 10.1 Å². The molecule has 6 heteroatoms. The largest absolute Gasteiger partial charge is 0.367 e. The topological polar surface area (TPSA) is 58.6 Å². The van der Waals surface area contributed by atoms with Crippen molar-refractivity contribution >= 4 is 10.0 Å². The average molecular weight is 292 g/mol. The first-order chi connectivity index (χ1) is 8.44. The van der Waals surface area contributed by atoms with Gasteiger partial charge in [-0.3, -0.25) is 0 Å². The summed E-state index contributed by atoms with van der Waals surface area (Å²) in [6.07, 6.45) is 0. The number of sulfonamides is 1. The molecule has 1 rings (SSSR count). The molecule has 1 heterocycles. The fraction of sp³-hybridized carbons (Fsp3) is 1.00. The summed E-state index contributed by atoms with van der Waals surface area (Å²) in [6, 6.07) is 0.299.